The molecule has 0 aliphatic heterocycles. The average molecular weight is 439 g/mol. The second-order valence-corrected chi connectivity index (χ2v) is 8.31. The molecule has 0 aliphatic carbocycles. The van der Waals surface area contributed by atoms with E-state index in [2.05, 4.69) is 29.2 Å². The molecule has 0 radical (unpaired) electrons. The predicted octanol–water partition coefficient (Wildman–Crippen LogP) is 5.54. The lowest BCUT2D eigenvalue weighted by Gasteiger charge is -2.08. The topological polar surface area (TPSA) is 72.2 Å². The van der Waals surface area contributed by atoms with Crippen LogP contribution in [-0.2, 0) is 6.54 Å². The normalized spacial score (nSPS) is 11.0. The van der Waals surface area contributed by atoms with Crippen LogP contribution in [0.5, 0.6) is 0 Å². The van der Waals surface area contributed by atoms with Gasteiger partial charge in [-0.2, -0.15) is 0 Å². The molecule has 5 aromatic rings. The summed E-state index contributed by atoms with van der Waals surface area (Å²) in [4.78, 5) is 29.7. The zero-order chi connectivity index (χ0) is 22.1. The number of hydrogen-bond donors (Lipinski definition) is 1. The van der Waals surface area contributed by atoms with Crippen molar-refractivity contribution >= 4 is 27.5 Å². The number of thiophene rings is 1. The molecule has 0 saturated carbocycles. The fourth-order valence-corrected chi connectivity index (χ4v) is 4.67. The van der Waals surface area contributed by atoms with Gasteiger partial charge < -0.3 is 5.11 Å². The van der Waals surface area contributed by atoms with Crippen molar-refractivity contribution in [3.63, 3.8) is 0 Å². The minimum atomic E-state index is -0.994. The summed E-state index contributed by atoms with van der Waals surface area (Å²) < 4.78 is 1.53. The molecule has 0 fully saturated rings. The van der Waals surface area contributed by atoms with E-state index in [0.29, 0.717) is 10.2 Å². The van der Waals surface area contributed by atoms with Gasteiger partial charge in [-0.3, -0.25) is 9.36 Å². The van der Waals surface area contributed by atoms with Gasteiger partial charge in [0.25, 0.3) is 5.56 Å². The molecule has 0 bridgehead atoms. The molecule has 0 amide bonds. The predicted molar refractivity (Wildman–Crippen MR) is 127 cm³/mol. The largest absolute Gasteiger partial charge is 0.478 e. The van der Waals surface area contributed by atoms with E-state index in [1.807, 2.05) is 35.7 Å². The molecule has 6 heteroatoms. The van der Waals surface area contributed by atoms with Crippen LogP contribution >= 0.6 is 11.3 Å². The standard InChI is InChI=1S/C26H18N2O3S/c29-25-23-22(20-11-9-19(10-12-20)18-6-2-1-3-7-18)15-32-24(23)27-16-28(25)14-17-5-4-8-21(13-17)26(30)31/h1-13,15-16H,14H2,(H,30,31). The van der Waals surface area contributed by atoms with E-state index < -0.39 is 5.97 Å². The first-order valence-electron chi connectivity index (χ1n) is 10.0. The molecule has 156 valence electrons. The molecule has 32 heavy (non-hydrogen) atoms. The molecule has 2 aromatic heterocycles. The highest BCUT2D eigenvalue weighted by molar-refractivity contribution is 7.17. The van der Waals surface area contributed by atoms with Crippen LogP contribution in [-0.4, -0.2) is 20.6 Å². The lowest BCUT2D eigenvalue weighted by Crippen LogP contribution is -2.21. The Morgan fingerprint density at radius 1 is 0.906 bits per heavy atom. The molecule has 0 spiro atoms. The van der Waals surface area contributed by atoms with Gasteiger partial charge in [0.1, 0.15) is 4.83 Å². The SMILES string of the molecule is O=C(O)c1cccc(Cn2cnc3scc(-c4ccc(-c5ccccc5)cc4)c3c2=O)c1. The van der Waals surface area contributed by atoms with Gasteiger partial charge >= 0.3 is 5.97 Å². The van der Waals surface area contributed by atoms with Crippen molar-refractivity contribution in [3.8, 4) is 22.3 Å². The summed E-state index contributed by atoms with van der Waals surface area (Å²) in [6.07, 6.45) is 1.52. The summed E-state index contributed by atoms with van der Waals surface area (Å²) in [6.45, 7) is 0.255. The Hall–Kier alpha value is -4.03. The van der Waals surface area contributed by atoms with Gasteiger partial charge in [0.2, 0.25) is 0 Å². The molecule has 0 saturated heterocycles. The fraction of sp³-hybridized carbons (Fsp3) is 0.0385. The fourth-order valence-electron chi connectivity index (χ4n) is 3.76. The van der Waals surface area contributed by atoms with Crippen molar-refractivity contribution < 1.29 is 9.90 Å². The van der Waals surface area contributed by atoms with Crippen molar-refractivity contribution in [3.05, 3.63) is 112 Å². The molecular weight excluding hydrogens is 420 g/mol. The molecule has 5 nitrogen and oxygen atoms in total. The first-order chi connectivity index (χ1) is 15.6. The second-order valence-electron chi connectivity index (χ2n) is 7.46. The summed E-state index contributed by atoms with van der Waals surface area (Å²) in [5, 5.41) is 11.8. The van der Waals surface area contributed by atoms with E-state index in [1.54, 1.807) is 18.2 Å². The monoisotopic (exact) mass is 438 g/mol. The molecule has 2 heterocycles. The minimum Gasteiger partial charge on any atom is -0.478 e. The number of rotatable bonds is 5. The van der Waals surface area contributed by atoms with Gasteiger partial charge in [0.15, 0.2) is 0 Å². The maximum Gasteiger partial charge on any atom is 0.335 e. The Bertz CT molecular complexity index is 1490. The first kappa shape index (κ1) is 19.9. The third-order valence-electron chi connectivity index (χ3n) is 5.39. The third-order valence-corrected chi connectivity index (χ3v) is 6.28. The number of carboxylic acids is 1. The number of aromatic carboxylic acids is 1. The second kappa shape index (κ2) is 8.24. The van der Waals surface area contributed by atoms with Crippen molar-refractivity contribution in [1.29, 1.82) is 0 Å². The molecule has 0 atom stereocenters. The molecular formula is C26H18N2O3S. The number of benzene rings is 3. The highest BCUT2D eigenvalue weighted by Gasteiger charge is 2.14. The number of carbonyl (C=O) groups is 1. The van der Waals surface area contributed by atoms with E-state index in [1.165, 1.54) is 28.3 Å². The van der Waals surface area contributed by atoms with Gasteiger partial charge in [-0.05, 0) is 34.4 Å². The van der Waals surface area contributed by atoms with E-state index in [0.717, 1.165) is 27.8 Å². The van der Waals surface area contributed by atoms with Crippen LogP contribution in [0.2, 0.25) is 0 Å². The van der Waals surface area contributed by atoms with Gasteiger partial charge in [0, 0.05) is 10.9 Å². The van der Waals surface area contributed by atoms with Crippen LogP contribution in [0.15, 0.2) is 95.4 Å². The Kier molecular flexibility index (Phi) is 5.13. The number of hydrogen-bond acceptors (Lipinski definition) is 4. The maximum absolute atomic E-state index is 13.3. The molecule has 0 aliphatic rings. The Labute approximate surface area is 187 Å². The maximum atomic E-state index is 13.3. The highest BCUT2D eigenvalue weighted by Crippen LogP contribution is 2.32. The molecule has 0 unspecified atom stereocenters. The van der Waals surface area contributed by atoms with Crippen LogP contribution in [0.3, 0.4) is 0 Å². The van der Waals surface area contributed by atoms with Gasteiger partial charge in [0.05, 0.1) is 23.8 Å². The molecule has 5 rings (SSSR count). The van der Waals surface area contributed by atoms with E-state index >= 15 is 0 Å². The smallest absolute Gasteiger partial charge is 0.335 e. The Morgan fingerprint density at radius 3 is 2.38 bits per heavy atom. The van der Waals surface area contributed by atoms with E-state index in [9.17, 15) is 14.7 Å². The van der Waals surface area contributed by atoms with Crippen molar-refractivity contribution in [2.45, 2.75) is 6.54 Å². The van der Waals surface area contributed by atoms with Gasteiger partial charge in [-0.25, -0.2) is 9.78 Å². The highest BCUT2D eigenvalue weighted by atomic mass is 32.1. The van der Waals surface area contributed by atoms with Crippen LogP contribution in [0.4, 0.5) is 0 Å². The summed E-state index contributed by atoms with van der Waals surface area (Å²) in [5.74, 6) is -0.994. The van der Waals surface area contributed by atoms with E-state index in [4.69, 9.17) is 0 Å². The zero-order valence-corrected chi connectivity index (χ0v) is 17.8. The average Bonchev–Trinajstić information content (AvgIpc) is 3.27. The molecule has 3 aromatic carbocycles. The number of aromatic nitrogens is 2. The van der Waals surface area contributed by atoms with Gasteiger partial charge in [-0.1, -0.05) is 66.7 Å². The van der Waals surface area contributed by atoms with E-state index in [-0.39, 0.29) is 17.7 Å². The first-order valence-corrected chi connectivity index (χ1v) is 10.9. The van der Waals surface area contributed by atoms with Crippen molar-refractivity contribution in [2.75, 3.05) is 0 Å². The Morgan fingerprint density at radius 2 is 1.62 bits per heavy atom. The van der Waals surface area contributed by atoms with Crippen molar-refractivity contribution in [2.24, 2.45) is 0 Å². The third kappa shape index (κ3) is 3.72. The number of fused-ring (bicyclic) bond motifs is 1. The van der Waals surface area contributed by atoms with Crippen LogP contribution < -0.4 is 5.56 Å². The van der Waals surface area contributed by atoms with Gasteiger partial charge in [-0.15, -0.1) is 11.3 Å². The van der Waals surface area contributed by atoms with Crippen LogP contribution in [0.1, 0.15) is 15.9 Å². The van der Waals surface area contributed by atoms with Crippen molar-refractivity contribution in [1.82, 2.24) is 9.55 Å². The summed E-state index contributed by atoms with van der Waals surface area (Å²) >= 11 is 1.44. The number of nitrogens with zero attached hydrogens (tertiary/aromatic N) is 2. The summed E-state index contributed by atoms with van der Waals surface area (Å²) in [6, 6.07) is 24.9. The molecule has 1 N–H and O–H groups in total. The lowest BCUT2D eigenvalue weighted by atomic mass is 10.0. The zero-order valence-electron chi connectivity index (χ0n) is 16.9. The summed E-state index contributed by atoms with van der Waals surface area (Å²) in [5.41, 5.74) is 4.86. The number of carboxylic acid groups (broad SMARTS) is 1. The minimum absolute atomic E-state index is 0.140. The van der Waals surface area contributed by atoms with Crippen LogP contribution in [0, 0.1) is 0 Å². The quantitative estimate of drug-likeness (QED) is 0.391. The lowest BCUT2D eigenvalue weighted by molar-refractivity contribution is 0.0696. The Balaban J connectivity index is 1.52. The summed E-state index contributed by atoms with van der Waals surface area (Å²) in [7, 11) is 0. The van der Waals surface area contributed by atoms with Crippen LogP contribution in [0.25, 0.3) is 32.5 Å².